The molecule has 0 aromatic carbocycles. The Morgan fingerprint density at radius 3 is 3.00 bits per heavy atom. The molecule has 1 saturated heterocycles. The standard InChI is InChI=1S/C17H19ClN4O3S2/c18-16-10(11-8-20-22-5-2-1-3-14(11)22)7-15(26-16)17(23)21-13-4-6-27(24,25)9-12(13)19/h1-3,5,7-8,12-13,24-25H,4,6,9,19H2,(H,21,23)/t12-,13+/m1/s1. The summed E-state index contributed by atoms with van der Waals surface area (Å²) in [6.45, 7) is 0. The molecule has 1 fully saturated rings. The number of hydrogen-bond acceptors (Lipinski definition) is 6. The van der Waals surface area contributed by atoms with Gasteiger partial charge in [0.25, 0.3) is 5.91 Å². The second-order valence-corrected chi connectivity index (χ2v) is 10.6. The smallest absolute Gasteiger partial charge is 0.261 e. The minimum Gasteiger partial charge on any atom is -0.347 e. The number of aromatic nitrogens is 2. The number of nitrogens with zero attached hydrogens (tertiary/aromatic N) is 2. The third-order valence-corrected chi connectivity index (χ3v) is 7.84. The van der Waals surface area contributed by atoms with Crippen LogP contribution in [0.2, 0.25) is 4.34 Å². The van der Waals surface area contributed by atoms with Crippen LogP contribution >= 0.6 is 33.5 Å². The molecule has 0 spiro atoms. The van der Waals surface area contributed by atoms with Gasteiger partial charge in [-0.2, -0.15) is 15.7 Å². The monoisotopic (exact) mass is 426 g/mol. The molecule has 4 heterocycles. The Bertz CT molecular complexity index is 1000. The van der Waals surface area contributed by atoms with E-state index in [2.05, 4.69) is 10.4 Å². The lowest BCUT2D eigenvalue weighted by Crippen LogP contribution is -2.53. The molecule has 0 bridgehead atoms. The molecule has 0 saturated carbocycles. The molecule has 1 amide bonds. The SMILES string of the molecule is N[C@@H]1CS(O)(O)CC[C@@H]1NC(=O)c1cc(-c2cnn3ccccc23)c(Cl)s1. The highest BCUT2D eigenvalue weighted by molar-refractivity contribution is 8.24. The fourth-order valence-corrected chi connectivity index (χ4v) is 6.12. The van der Waals surface area contributed by atoms with E-state index in [4.69, 9.17) is 17.3 Å². The average molecular weight is 427 g/mol. The lowest BCUT2D eigenvalue weighted by Gasteiger charge is -2.42. The number of carbonyl (C=O) groups is 1. The molecule has 27 heavy (non-hydrogen) atoms. The number of thiophene rings is 1. The highest BCUT2D eigenvalue weighted by atomic mass is 35.5. The minimum absolute atomic E-state index is 0.108. The van der Waals surface area contributed by atoms with Crippen molar-refractivity contribution in [3.63, 3.8) is 0 Å². The van der Waals surface area contributed by atoms with E-state index >= 15 is 0 Å². The first-order valence-corrected chi connectivity index (χ1v) is 11.4. The predicted molar refractivity (Wildman–Crippen MR) is 110 cm³/mol. The Morgan fingerprint density at radius 1 is 1.41 bits per heavy atom. The topological polar surface area (TPSA) is 113 Å². The molecule has 0 radical (unpaired) electrons. The first-order valence-electron chi connectivity index (χ1n) is 8.36. The van der Waals surface area contributed by atoms with E-state index < -0.39 is 16.6 Å². The Balaban J connectivity index is 1.55. The summed E-state index contributed by atoms with van der Waals surface area (Å²) < 4.78 is 21.8. The Hall–Kier alpha value is -1.62. The molecule has 4 rings (SSSR count). The van der Waals surface area contributed by atoms with E-state index in [1.54, 1.807) is 16.8 Å². The summed E-state index contributed by atoms with van der Waals surface area (Å²) in [5, 5.41) is 7.21. The number of pyridine rings is 1. The van der Waals surface area contributed by atoms with Crippen LogP contribution in [0.5, 0.6) is 0 Å². The first-order chi connectivity index (χ1) is 12.8. The second kappa shape index (κ2) is 7.08. The predicted octanol–water partition coefficient (Wildman–Crippen LogP) is 3.30. The van der Waals surface area contributed by atoms with E-state index in [1.807, 2.05) is 24.4 Å². The zero-order valence-electron chi connectivity index (χ0n) is 14.2. The van der Waals surface area contributed by atoms with Gasteiger partial charge in [-0.1, -0.05) is 17.7 Å². The number of hydrogen-bond donors (Lipinski definition) is 4. The van der Waals surface area contributed by atoms with Gasteiger partial charge in [-0.05, 0) is 24.6 Å². The lowest BCUT2D eigenvalue weighted by atomic mass is 10.1. The minimum atomic E-state index is -2.62. The van der Waals surface area contributed by atoms with Crippen molar-refractivity contribution in [3.8, 4) is 11.1 Å². The number of amides is 1. The maximum Gasteiger partial charge on any atom is 0.261 e. The number of nitrogens with two attached hydrogens (primary N) is 1. The molecule has 10 heteroatoms. The van der Waals surface area contributed by atoms with Gasteiger partial charge in [0.2, 0.25) is 0 Å². The normalized spacial score (nSPS) is 23.3. The number of carbonyl (C=O) groups excluding carboxylic acids is 1. The molecule has 3 aromatic rings. The van der Waals surface area contributed by atoms with Gasteiger partial charge in [0.1, 0.15) is 4.34 Å². The molecule has 0 aliphatic carbocycles. The van der Waals surface area contributed by atoms with Crippen LogP contribution in [-0.4, -0.2) is 48.2 Å². The summed E-state index contributed by atoms with van der Waals surface area (Å²) >= 11 is 7.60. The summed E-state index contributed by atoms with van der Waals surface area (Å²) in [5.41, 5.74) is 8.53. The lowest BCUT2D eigenvalue weighted by molar-refractivity contribution is 0.0933. The Labute approximate surface area is 166 Å². The highest BCUT2D eigenvalue weighted by Gasteiger charge is 2.32. The largest absolute Gasteiger partial charge is 0.347 e. The molecule has 1 aliphatic rings. The van der Waals surface area contributed by atoms with Crippen molar-refractivity contribution in [2.24, 2.45) is 5.73 Å². The molecule has 3 aromatic heterocycles. The van der Waals surface area contributed by atoms with E-state index in [0.717, 1.165) is 16.6 Å². The number of nitrogens with one attached hydrogen (secondary N) is 1. The Kier molecular flexibility index (Phi) is 4.91. The second-order valence-electron chi connectivity index (χ2n) is 6.59. The fourth-order valence-electron chi connectivity index (χ4n) is 3.26. The van der Waals surface area contributed by atoms with Crippen LogP contribution in [0.15, 0.2) is 36.7 Å². The van der Waals surface area contributed by atoms with Crippen molar-refractivity contribution in [2.75, 3.05) is 11.5 Å². The van der Waals surface area contributed by atoms with Gasteiger partial charge in [0, 0.05) is 35.2 Å². The van der Waals surface area contributed by atoms with E-state index in [-0.39, 0.29) is 23.5 Å². The molecule has 2 atom stereocenters. The van der Waals surface area contributed by atoms with Crippen LogP contribution in [0.1, 0.15) is 16.1 Å². The van der Waals surface area contributed by atoms with Crippen LogP contribution in [-0.2, 0) is 0 Å². The number of rotatable bonds is 3. The number of fused-ring (bicyclic) bond motifs is 1. The zero-order chi connectivity index (χ0) is 19.2. The molecule has 0 unspecified atom stereocenters. The van der Waals surface area contributed by atoms with Gasteiger partial charge >= 0.3 is 0 Å². The van der Waals surface area contributed by atoms with Gasteiger partial charge in [0.15, 0.2) is 0 Å². The molecule has 7 nitrogen and oxygen atoms in total. The summed E-state index contributed by atoms with van der Waals surface area (Å²) in [6.07, 6.45) is 4.02. The van der Waals surface area contributed by atoms with Gasteiger partial charge in [-0.25, -0.2) is 4.52 Å². The zero-order valence-corrected chi connectivity index (χ0v) is 16.6. The maximum atomic E-state index is 12.7. The van der Waals surface area contributed by atoms with Crippen LogP contribution in [0.25, 0.3) is 16.6 Å². The van der Waals surface area contributed by atoms with Crippen LogP contribution < -0.4 is 11.1 Å². The maximum absolute atomic E-state index is 12.7. The molecule has 144 valence electrons. The fraction of sp³-hybridized carbons (Fsp3) is 0.294. The van der Waals surface area contributed by atoms with Crippen LogP contribution in [0.4, 0.5) is 0 Å². The van der Waals surface area contributed by atoms with E-state index in [0.29, 0.717) is 15.6 Å². The molecule has 1 aliphatic heterocycles. The van der Waals surface area contributed by atoms with Crippen molar-refractivity contribution in [2.45, 2.75) is 18.5 Å². The highest BCUT2D eigenvalue weighted by Crippen LogP contribution is 2.43. The molecular weight excluding hydrogens is 408 g/mol. The van der Waals surface area contributed by atoms with E-state index in [9.17, 15) is 13.9 Å². The van der Waals surface area contributed by atoms with Crippen LogP contribution in [0, 0.1) is 0 Å². The van der Waals surface area contributed by atoms with Crippen molar-refractivity contribution in [1.29, 1.82) is 0 Å². The first kappa shape index (κ1) is 18.7. The molecular formula is C17H19ClN4O3S2. The molecule has 5 N–H and O–H groups in total. The quantitative estimate of drug-likeness (QED) is 0.513. The summed E-state index contributed by atoms with van der Waals surface area (Å²) in [5.74, 6) is 0.102. The van der Waals surface area contributed by atoms with Crippen molar-refractivity contribution < 1.29 is 13.9 Å². The van der Waals surface area contributed by atoms with Crippen molar-refractivity contribution in [1.82, 2.24) is 14.9 Å². The number of halogens is 1. The van der Waals surface area contributed by atoms with Crippen molar-refractivity contribution >= 4 is 45.0 Å². The third-order valence-electron chi connectivity index (χ3n) is 4.68. The summed E-state index contributed by atoms with van der Waals surface area (Å²) in [6, 6.07) is 6.73. The van der Waals surface area contributed by atoms with Gasteiger partial charge < -0.3 is 11.1 Å². The Morgan fingerprint density at radius 2 is 2.22 bits per heavy atom. The van der Waals surface area contributed by atoms with Crippen molar-refractivity contribution in [3.05, 3.63) is 45.9 Å². The summed E-state index contributed by atoms with van der Waals surface area (Å²) in [7, 11) is -2.62. The van der Waals surface area contributed by atoms with Gasteiger partial charge in [0.05, 0.1) is 22.3 Å². The summed E-state index contributed by atoms with van der Waals surface area (Å²) in [4.78, 5) is 13.1. The van der Waals surface area contributed by atoms with E-state index in [1.165, 1.54) is 11.3 Å². The third kappa shape index (κ3) is 3.71. The van der Waals surface area contributed by atoms with Gasteiger partial charge in [-0.15, -0.1) is 11.3 Å². The van der Waals surface area contributed by atoms with Crippen LogP contribution in [0.3, 0.4) is 0 Å². The van der Waals surface area contributed by atoms with Gasteiger partial charge in [-0.3, -0.25) is 13.9 Å². The average Bonchev–Trinajstić information content (AvgIpc) is 3.20.